The summed E-state index contributed by atoms with van der Waals surface area (Å²) in [4.78, 5) is 0. The van der Waals surface area contributed by atoms with Crippen molar-refractivity contribution in [3.8, 4) is 11.5 Å². The van der Waals surface area contributed by atoms with Gasteiger partial charge in [0.05, 0.1) is 0 Å². The molecule has 0 fully saturated rings. The first-order valence-corrected chi connectivity index (χ1v) is 6.69. The van der Waals surface area contributed by atoms with Gasteiger partial charge in [-0.05, 0) is 49.9 Å². The number of aryl methyl sites for hydroxylation is 2. The highest BCUT2D eigenvalue weighted by atomic mass is 16.3. The van der Waals surface area contributed by atoms with Crippen LogP contribution in [0, 0.1) is 13.8 Å². The average Bonchev–Trinajstić information content (AvgIpc) is 2.83. The molecular formula is C17H18O2. The monoisotopic (exact) mass is 254 g/mol. The van der Waals surface area contributed by atoms with Crippen molar-refractivity contribution < 1.29 is 10.2 Å². The lowest BCUT2D eigenvalue weighted by atomic mass is 9.90. The SMILES string of the molecule is Cc1ccc(O)c(C2CCc3c(C)ccc(O)c32)c1. The number of aromatic hydroxyl groups is 2. The first-order valence-electron chi connectivity index (χ1n) is 6.69. The summed E-state index contributed by atoms with van der Waals surface area (Å²) in [5.41, 5.74) is 5.53. The van der Waals surface area contributed by atoms with E-state index < -0.39 is 0 Å². The molecule has 3 rings (SSSR count). The summed E-state index contributed by atoms with van der Waals surface area (Å²) in [6.45, 7) is 4.10. The lowest BCUT2D eigenvalue weighted by Crippen LogP contribution is -1.98. The maximum absolute atomic E-state index is 10.2. The van der Waals surface area contributed by atoms with Crippen LogP contribution in [0.5, 0.6) is 11.5 Å². The summed E-state index contributed by atoms with van der Waals surface area (Å²) in [5.74, 6) is 0.781. The van der Waals surface area contributed by atoms with E-state index in [4.69, 9.17) is 0 Å². The fraction of sp³-hybridized carbons (Fsp3) is 0.294. The summed E-state index contributed by atoms with van der Waals surface area (Å²) < 4.78 is 0. The molecule has 2 heteroatoms. The topological polar surface area (TPSA) is 40.5 Å². The summed E-state index contributed by atoms with van der Waals surface area (Å²) in [6.07, 6.45) is 1.92. The summed E-state index contributed by atoms with van der Waals surface area (Å²) >= 11 is 0. The van der Waals surface area contributed by atoms with Crippen LogP contribution in [0.1, 0.15) is 40.2 Å². The van der Waals surface area contributed by atoms with E-state index in [-0.39, 0.29) is 5.92 Å². The molecule has 1 aliphatic rings. The molecule has 1 unspecified atom stereocenters. The van der Waals surface area contributed by atoms with Crippen molar-refractivity contribution >= 4 is 0 Å². The van der Waals surface area contributed by atoms with Gasteiger partial charge in [0.15, 0.2) is 0 Å². The molecule has 1 aliphatic carbocycles. The molecule has 0 aliphatic heterocycles. The molecule has 2 nitrogen and oxygen atoms in total. The molecule has 0 amide bonds. The molecule has 0 heterocycles. The molecule has 0 saturated carbocycles. The normalized spacial score (nSPS) is 17.5. The molecular weight excluding hydrogens is 236 g/mol. The Kier molecular flexibility index (Phi) is 2.74. The third-order valence-electron chi connectivity index (χ3n) is 4.16. The van der Waals surface area contributed by atoms with Crippen LogP contribution < -0.4 is 0 Å². The van der Waals surface area contributed by atoms with E-state index in [1.54, 1.807) is 12.1 Å². The van der Waals surface area contributed by atoms with Crippen LogP contribution in [0.2, 0.25) is 0 Å². The highest BCUT2D eigenvalue weighted by Gasteiger charge is 2.29. The minimum atomic E-state index is 0.106. The van der Waals surface area contributed by atoms with E-state index in [0.717, 1.165) is 29.5 Å². The molecule has 2 aromatic carbocycles. The maximum Gasteiger partial charge on any atom is 0.119 e. The molecule has 2 aromatic rings. The fourth-order valence-corrected chi connectivity index (χ4v) is 3.18. The zero-order chi connectivity index (χ0) is 13.6. The van der Waals surface area contributed by atoms with Crippen LogP contribution in [-0.2, 0) is 6.42 Å². The highest BCUT2D eigenvalue weighted by molar-refractivity contribution is 5.55. The van der Waals surface area contributed by atoms with Crippen LogP contribution in [0.3, 0.4) is 0 Å². The molecule has 1 atom stereocenters. The van der Waals surface area contributed by atoms with Crippen molar-refractivity contribution in [1.82, 2.24) is 0 Å². The Hall–Kier alpha value is -1.96. The maximum atomic E-state index is 10.2. The van der Waals surface area contributed by atoms with Gasteiger partial charge in [-0.15, -0.1) is 0 Å². The zero-order valence-electron chi connectivity index (χ0n) is 11.3. The van der Waals surface area contributed by atoms with Crippen molar-refractivity contribution in [3.05, 3.63) is 58.1 Å². The van der Waals surface area contributed by atoms with Crippen molar-refractivity contribution in [2.75, 3.05) is 0 Å². The Morgan fingerprint density at radius 2 is 1.74 bits per heavy atom. The third-order valence-corrected chi connectivity index (χ3v) is 4.16. The van der Waals surface area contributed by atoms with Gasteiger partial charge in [0.2, 0.25) is 0 Å². The van der Waals surface area contributed by atoms with E-state index in [1.165, 1.54) is 11.1 Å². The lowest BCUT2D eigenvalue weighted by molar-refractivity contribution is 0.455. The Balaban J connectivity index is 2.17. The van der Waals surface area contributed by atoms with E-state index in [0.29, 0.717) is 11.5 Å². The van der Waals surface area contributed by atoms with Crippen LogP contribution >= 0.6 is 0 Å². The van der Waals surface area contributed by atoms with Crippen molar-refractivity contribution in [2.45, 2.75) is 32.6 Å². The summed E-state index contributed by atoms with van der Waals surface area (Å²) in [6, 6.07) is 9.41. The minimum absolute atomic E-state index is 0.106. The molecule has 98 valence electrons. The minimum Gasteiger partial charge on any atom is -0.508 e. The second-order valence-corrected chi connectivity index (χ2v) is 5.45. The number of phenolic OH excluding ortho intramolecular Hbond substituents is 2. The first-order chi connectivity index (χ1) is 9.08. The second-order valence-electron chi connectivity index (χ2n) is 5.45. The van der Waals surface area contributed by atoms with Gasteiger partial charge >= 0.3 is 0 Å². The number of fused-ring (bicyclic) bond motifs is 1. The summed E-state index contributed by atoms with van der Waals surface area (Å²) in [5, 5.41) is 20.3. The number of hydrogen-bond acceptors (Lipinski definition) is 2. The van der Waals surface area contributed by atoms with E-state index in [2.05, 4.69) is 6.92 Å². The zero-order valence-corrected chi connectivity index (χ0v) is 11.3. The van der Waals surface area contributed by atoms with Gasteiger partial charge in [-0.3, -0.25) is 0 Å². The Bertz CT molecular complexity index is 644. The number of benzene rings is 2. The van der Waals surface area contributed by atoms with Gasteiger partial charge < -0.3 is 10.2 Å². The molecule has 0 bridgehead atoms. The van der Waals surface area contributed by atoms with Crippen molar-refractivity contribution in [1.29, 1.82) is 0 Å². The van der Waals surface area contributed by atoms with Gasteiger partial charge in [-0.2, -0.15) is 0 Å². The first kappa shape index (κ1) is 12.1. The smallest absolute Gasteiger partial charge is 0.119 e. The van der Waals surface area contributed by atoms with Crippen LogP contribution in [0.15, 0.2) is 30.3 Å². The van der Waals surface area contributed by atoms with Gasteiger partial charge in [-0.1, -0.05) is 23.8 Å². The number of hydrogen-bond donors (Lipinski definition) is 2. The molecule has 0 saturated heterocycles. The molecule has 19 heavy (non-hydrogen) atoms. The quantitative estimate of drug-likeness (QED) is 0.812. The van der Waals surface area contributed by atoms with Crippen molar-refractivity contribution in [2.24, 2.45) is 0 Å². The molecule has 0 spiro atoms. The largest absolute Gasteiger partial charge is 0.508 e. The van der Waals surface area contributed by atoms with Gasteiger partial charge in [0.1, 0.15) is 11.5 Å². The lowest BCUT2D eigenvalue weighted by Gasteiger charge is -2.16. The van der Waals surface area contributed by atoms with Gasteiger partial charge in [0, 0.05) is 17.0 Å². The standard InChI is InChI=1S/C17H18O2/c1-10-3-7-15(18)14(9-10)13-6-5-12-11(2)4-8-16(19)17(12)13/h3-4,7-9,13,18-19H,5-6H2,1-2H3. The highest BCUT2D eigenvalue weighted by Crippen LogP contribution is 2.46. The number of rotatable bonds is 1. The van der Waals surface area contributed by atoms with Crippen LogP contribution in [0.4, 0.5) is 0 Å². The number of phenols is 2. The van der Waals surface area contributed by atoms with E-state index in [1.807, 2.05) is 25.1 Å². The Morgan fingerprint density at radius 1 is 1.00 bits per heavy atom. The van der Waals surface area contributed by atoms with Crippen molar-refractivity contribution in [3.63, 3.8) is 0 Å². The van der Waals surface area contributed by atoms with E-state index in [9.17, 15) is 10.2 Å². The van der Waals surface area contributed by atoms with Gasteiger partial charge in [0.25, 0.3) is 0 Å². The third kappa shape index (κ3) is 1.88. The van der Waals surface area contributed by atoms with Gasteiger partial charge in [-0.25, -0.2) is 0 Å². The second kappa shape index (κ2) is 4.30. The molecule has 2 N–H and O–H groups in total. The Labute approximate surface area is 113 Å². The molecule has 0 radical (unpaired) electrons. The molecule has 0 aromatic heterocycles. The fourth-order valence-electron chi connectivity index (χ4n) is 3.18. The Morgan fingerprint density at radius 3 is 2.53 bits per heavy atom. The van der Waals surface area contributed by atoms with Crippen LogP contribution in [-0.4, -0.2) is 10.2 Å². The van der Waals surface area contributed by atoms with Crippen LogP contribution in [0.25, 0.3) is 0 Å². The summed E-state index contributed by atoms with van der Waals surface area (Å²) in [7, 11) is 0. The predicted octanol–water partition coefficient (Wildman–Crippen LogP) is 3.79. The predicted molar refractivity (Wildman–Crippen MR) is 75.9 cm³/mol. The average molecular weight is 254 g/mol. The van der Waals surface area contributed by atoms with E-state index >= 15 is 0 Å².